The molecule has 13 heteroatoms. The molecule has 250 valence electrons. The van der Waals surface area contributed by atoms with Crippen LogP contribution in [0.4, 0.5) is 14.6 Å². The van der Waals surface area contributed by atoms with Crippen molar-refractivity contribution in [1.29, 1.82) is 0 Å². The number of hydrogen-bond donors (Lipinski definition) is 2. The maximum Gasteiger partial charge on any atom is 0.319 e. The zero-order valence-corrected chi connectivity index (χ0v) is 27.4. The predicted molar refractivity (Wildman–Crippen MR) is 179 cm³/mol. The molecule has 8 rings (SSSR count). The number of aromatic nitrogens is 3. The Bertz CT molecular complexity index is 2110. The molecule has 4 aliphatic heterocycles. The summed E-state index contributed by atoms with van der Waals surface area (Å²) in [5.41, 5.74) is -0.411. The second kappa shape index (κ2) is 11.5. The van der Waals surface area contributed by atoms with Crippen molar-refractivity contribution >= 4 is 37.3 Å². The summed E-state index contributed by atoms with van der Waals surface area (Å²) in [7, 11) is -3.13. The number of terminal acetylenes is 1. The molecule has 2 N–H and O–H groups in total. The van der Waals surface area contributed by atoms with Crippen LogP contribution in [0.25, 0.3) is 32.9 Å². The van der Waals surface area contributed by atoms with Gasteiger partial charge in [0, 0.05) is 55.1 Å². The highest BCUT2D eigenvalue weighted by Crippen LogP contribution is 2.43. The van der Waals surface area contributed by atoms with Crippen molar-refractivity contribution in [3.05, 3.63) is 47.7 Å². The van der Waals surface area contributed by atoms with Crippen LogP contribution >= 0.6 is 0 Å². The summed E-state index contributed by atoms with van der Waals surface area (Å²) in [6, 6.07) is 6.04. The molecule has 0 radical (unpaired) electrons. The van der Waals surface area contributed by atoms with Gasteiger partial charge in [0.25, 0.3) is 0 Å². The van der Waals surface area contributed by atoms with Crippen LogP contribution in [-0.2, 0) is 9.84 Å². The minimum atomic E-state index is -3.13. The molecular weight excluding hydrogens is 638 g/mol. The van der Waals surface area contributed by atoms with E-state index in [1.807, 2.05) is 0 Å². The van der Waals surface area contributed by atoms with Crippen LogP contribution < -0.4 is 15.0 Å². The molecule has 2 bridgehead atoms. The van der Waals surface area contributed by atoms with Crippen LogP contribution in [-0.4, -0.2) is 95.8 Å². The van der Waals surface area contributed by atoms with E-state index >= 15 is 4.39 Å². The second-order valence-electron chi connectivity index (χ2n) is 13.9. The monoisotopic (exact) mass is 674 g/mol. The van der Waals surface area contributed by atoms with Crippen molar-refractivity contribution in [3.63, 3.8) is 0 Å². The van der Waals surface area contributed by atoms with E-state index in [1.165, 1.54) is 36.7 Å². The number of rotatable bonds is 7. The van der Waals surface area contributed by atoms with Crippen LogP contribution in [0.1, 0.15) is 37.7 Å². The summed E-state index contributed by atoms with van der Waals surface area (Å²) in [5, 5.41) is 15.3. The number of hydrogen-bond acceptors (Lipinski definition) is 10. The summed E-state index contributed by atoms with van der Waals surface area (Å²) >= 11 is 0. The van der Waals surface area contributed by atoms with Crippen LogP contribution in [0.5, 0.6) is 11.8 Å². The van der Waals surface area contributed by atoms with Gasteiger partial charge in [-0.3, -0.25) is 9.88 Å². The summed E-state index contributed by atoms with van der Waals surface area (Å²) in [5.74, 6) is 1.47. The van der Waals surface area contributed by atoms with Gasteiger partial charge in [-0.15, -0.1) is 6.42 Å². The summed E-state index contributed by atoms with van der Waals surface area (Å²) < 4.78 is 62.3. The lowest BCUT2D eigenvalue weighted by molar-refractivity contribution is 0.107. The molecule has 4 fully saturated rings. The maximum absolute atomic E-state index is 16.9. The number of pyridine rings is 1. The van der Waals surface area contributed by atoms with E-state index in [1.54, 1.807) is 0 Å². The molecule has 0 amide bonds. The van der Waals surface area contributed by atoms with Crippen molar-refractivity contribution in [2.75, 3.05) is 49.7 Å². The molecule has 0 aliphatic carbocycles. The summed E-state index contributed by atoms with van der Waals surface area (Å²) in [6.45, 7) is 3.15. The van der Waals surface area contributed by atoms with E-state index in [0.717, 1.165) is 32.2 Å². The molecule has 4 saturated heterocycles. The van der Waals surface area contributed by atoms with Gasteiger partial charge in [-0.05, 0) is 68.2 Å². The lowest BCUT2D eigenvalue weighted by atomic mass is 9.91. The van der Waals surface area contributed by atoms with Crippen molar-refractivity contribution in [1.82, 2.24) is 25.2 Å². The fraction of sp³-hybridized carbons (Fsp3) is 0.457. The standard InChI is InChI=1S/C35H36F2N6O4S/c1-3-25-28(36)8-5-21-11-24(44)12-26(29(21)25)31-30(37)32-27(14-38-31)33(42-16-22-6-7-23(17-42)39-22)41-34(40-32)47-19-35-9-4-10-43(35)15-20(13-35)18-48(2,45)46/h1,5,8,11-12,14,20,22-23,39,44H,4,6-7,9-10,13,15-19H2,2H3/t20?,22-,23+,35?. The molecule has 2 aromatic carbocycles. The number of ether oxygens (including phenoxy) is 1. The molecule has 4 atom stereocenters. The largest absolute Gasteiger partial charge is 0.508 e. The molecule has 6 heterocycles. The normalized spacial score (nSPS) is 25.5. The summed E-state index contributed by atoms with van der Waals surface area (Å²) in [6.07, 6.45) is 13.1. The third-order valence-corrected chi connectivity index (χ3v) is 11.6. The van der Waals surface area contributed by atoms with Gasteiger partial charge in [-0.25, -0.2) is 17.2 Å². The fourth-order valence-electron chi connectivity index (χ4n) is 8.62. The highest BCUT2D eigenvalue weighted by atomic mass is 32.2. The summed E-state index contributed by atoms with van der Waals surface area (Å²) in [4.78, 5) is 18.4. The smallest absolute Gasteiger partial charge is 0.319 e. The van der Waals surface area contributed by atoms with Gasteiger partial charge in [-0.2, -0.15) is 9.97 Å². The van der Waals surface area contributed by atoms with Gasteiger partial charge in [0.15, 0.2) is 5.82 Å². The first-order chi connectivity index (χ1) is 23.0. The van der Waals surface area contributed by atoms with Crippen molar-refractivity contribution in [2.24, 2.45) is 5.92 Å². The maximum atomic E-state index is 16.9. The highest BCUT2D eigenvalue weighted by molar-refractivity contribution is 7.90. The van der Waals surface area contributed by atoms with Gasteiger partial charge in [0.05, 0.1) is 22.2 Å². The van der Waals surface area contributed by atoms with Gasteiger partial charge in [0.1, 0.15) is 45.0 Å². The average molecular weight is 675 g/mol. The van der Waals surface area contributed by atoms with Crippen molar-refractivity contribution in [2.45, 2.75) is 49.7 Å². The molecule has 10 nitrogen and oxygen atoms in total. The van der Waals surface area contributed by atoms with Crippen LogP contribution in [0.15, 0.2) is 30.5 Å². The number of aromatic hydroxyl groups is 1. The minimum absolute atomic E-state index is 0.00855. The zero-order chi connectivity index (χ0) is 33.4. The van der Waals surface area contributed by atoms with E-state index in [9.17, 15) is 17.9 Å². The molecule has 0 saturated carbocycles. The number of sulfone groups is 1. The minimum Gasteiger partial charge on any atom is -0.508 e. The molecule has 4 aliphatic rings. The molecular formula is C35H36F2N6O4S. The molecule has 48 heavy (non-hydrogen) atoms. The topological polar surface area (TPSA) is 121 Å². The Hall–Kier alpha value is -4.12. The van der Waals surface area contributed by atoms with Crippen LogP contribution in [0.3, 0.4) is 0 Å². The number of halogens is 2. The average Bonchev–Trinajstić information content (AvgIpc) is 3.69. The van der Waals surface area contributed by atoms with Crippen LogP contribution in [0, 0.1) is 29.9 Å². The number of phenolic OH excluding ortho intramolecular Hbond substituents is 1. The molecule has 2 unspecified atom stereocenters. The number of fused-ring (bicyclic) bond motifs is 5. The third kappa shape index (κ3) is 5.40. The van der Waals surface area contributed by atoms with Gasteiger partial charge >= 0.3 is 6.01 Å². The number of phenols is 1. The number of piperazine rings is 1. The molecule has 4 aromatic rings. The first-order valence-electron chi connectivity index (χ1n) is 16.4. The Kier molecular flexibility index (Phi) is 7.46. The van der Waals surface area contributed by atoms with Gasteiger partial charge in [-0.1, -0.05) is 12.0 Å². The number of benzene rings is 2. The predicted octanol–water partition coefficient (Wildman–Crippen LogP) is 4.03. The fourth-order valence-corrected chi connectivity index (χ4v) is 9.70. The number of nitrogens with one attached hydrogen (secondary N) is 1. The van der Waals surface area contributed by atoms with Gasteiger partial charge < -0.3 is 20.1 Å². The Morgan fingerprint density at radius 3 is 2.71 bits per heavy atom. The molecule has 0 spiro atoms. The highest BCUT2D eigenvalue weighted by Gasteiger charge is 2.49. The third-order valence-electron chi connectivity index (χ3n) is 10.5. The van der Waals surface area contributed by atoms with E-state index in [4.69, 9.17) is 16.1 Å². The van der Waals surface area contributed by atoms with E-state index in [2.05, 4.69) is 31.0 Å². The van der Waals surface area contributed by atoms with Crippen molar-refractivity contribution < 1.29 is 27.0 Å². The van der Waals surface area contributed by atoms with Crippen molar-refractivity contribution in [3.8, 4) is 35.4 Å². The zero-order valence-electron chi connectivity index (χ0n) is 26.5. The Labute approximate surface area is 277 Å². The first kappa shape index (κ1) is 31.2. The van der Waals surface area contributed by atoms with E-state index in [-0.39, 0.29) is 75.4 Å². The van der Waals surface area contributed by atoms with Crippen LogP contribution in [0.2, 0.25) is 0 Å². The first-order valence-corrected chi connectivity index (χ1v) is 18.4. The lowest BCUT2D eigenvalue weighted by Crippen LogP contribution is -2.51. The SMILES string of the molecule is C#Cc1c(F)ccc2cc(O)cc(-c3ncc4c(N5C[C@H]6CC[C@@H](C5)N6)nc(OCC56CCCN5CC(CS(C)(=O)=O)C6)nc4c3F)c12. The number of nitrogens with zero attached hydrogens (tertiary/aromatic N) is 5. The van der Waals surface area contributed by atoms with Gasteiger partial charge in [0.2, 0.25) is 0 Å². The lowest BCUT2D eigenvalue weighted by Gasteiger charge is -2.34. The Morgan fingerprint density at radius 2 is 1.96 bits per heavy atom. The quantitative estimate of drug-likeness (QED) is 0.278. The second-order valence-corrected chi connectivity index (χ2v) is 16.1. The Balaban J connectivity index is 1.23. The molecule has 2 aromatic heterocycles. The van der Waals surface area contributed by atoms with E-state index in [0.29, 0.717) is 42.6 Å². The van der Waals surface area contributed by atoms with E-state index < -0.39 is 21.5 Å². The number of anilines is 1. The Morgan fingerprint density at radius 1 is 1.17 bits per heavy atom.